The zero-order chi connectivity index (χ0) is 16.1. The van der Waals surface area contributed by atoms with Crippen molar-refractivity contribution < 1.29 is 9.47 Å². The van der Waals surface area contributed by atoms with Gasteiger partial charge in [-0.2, -0.15) is 5.26 Å². The molecule has 9 heteroatoms. The van der Waals surface area contributed by atoms with E-state index in [1.807, 2.05) is 6.92 Å². The Morgan fingerprint density at radius 3 is 3.00 bits per heavy atom. The topological polar surface area (TPSA) is 105 Å². The van der Waals surface area contributed by atoms with Crippen LogP contribution < -0.4 is 10.6 Å². The third kappa shape index (κ3) is 4.35. The molecule has 0 spiro atoms. The Morgan fingerprint density at radius 1 is 1.39 bits per heavy atom. The summed E-state index contributed by atoms with van der Waals surface area (Å²) in [7, 11) is 0. The zero-order valence-corrected chi connectivity index (χ0v) is 13.4. The van der Waals surface area contributed by atoms with Crippen LogP contribution >= 0.6 is 11.3 Å². The van der Waals surface area contributed by atoms with E-state index in [4.69, 9.17) is 14.7 Å². The molecule has 1 fully saturated rings. The van der Waals surface area contributed by atoms with Crippen LogP contribution in [0.2, 0.25) is 0 Å². The Balaban J connectivity index is 1.64. The van der Waals surface area contributed by atoms with Gasteiger partial charge in [0.2, 0.25) is 0 Å². The molecule has 23 heavy (non-hydrogen) atoms. The number of hydrogen-bond acceptors (Lipinski definition) is 9. The Labute approximate surface area is 137 Å². The van der Waals surface area contributed by atoms with E-state index in [-0.39, 0.29) is 6.10 Å². The molecular formula is C14H16N6O2S. The highest BCUT2D eigenvalue weighted by molar-refractivity contribution is 7.16. The maximum absolute atomic E-state index is 8.83. The van der Waals surface area contributed by atoms with Crippen LogP contribution in [0.1, 0.15) is 10.7 Å². The fourth-order valence-corrected chi connectivity index (χ4v) is 2.71. The van der Waals surface area contributed by atoms with Crippen molar-refractivity contribution in [2.75, 3.05) is 37.0 Å². The van der Waals surface area contributed by atoms with Crippen molar-refractivity contribution in [3.8, 4) is 6.07 Å². The summed E-state index contributed by atoms with van der Waals surface area (Å²) in [5.74, 6) is 1.96. The molecule has 0 bridgehead atoms. The second-order valence-electron chi connectivity index (χ2n) is 4.90. The van der Waals surface area contributed by atoms with Gasteiger partial charge in [0.1, 0.15) is 28.4 Å². The number of nitriles is 1. The summed E-state index contributed by atoms with van der Waals surface area (Å²) in [6.07, 6.45) is 1.55. The van der Waals surface area contributed by atoms with Gasteiger partial charge in [0, 0.05) is 12.6 Å². The smallest absolute Gasteiger partial charge is 0.189 e. The molecule has 1 unspecified atom stereocenters. The molecule has 1 saturated heterocycles. The monoisotopic (exact) mass is 332 g/mol. The van der Waals surface area contributed by atoms with E-state index < -0.39 is 0 Å². The highest BCUT2D eigenvalue weighted by atomic mass is 32.1. The zero-order valence-electron chi connectivity index (χ0n) is 12.6. The van der Waals surface area contributed by atoms with Gasteiger partial charge in [-0.25, -0.2) is 15.0 Å². The number of thiazole rings is 1. The average molecular weight is 332 g/mol. The summed E-state index contributed by atoms with van der Waals surface area (Å²) in [5, 5.41) is 15.8. The molecule has 2 N–H and O–H groups in total. The number of rotatable bonds is 5. The SMILES string of the molecule is Cc1nc(NCC2COCCO2)cc(Nc2ncc(C#N)s2)n1. The molecular weight excluding hydrogens is 316 g/mol. The summed E-state index contributed by atoms with van der Waals surface area (Å²) < 4.78 is 11.0. The Bertz CT molecular complexity index is 708. The molecule has 1 aliphatic heterocycles. The minimum absolute atomic E-state index is 0.0209. The van der Waals surface area contributed by atoms with Gasteiger partial charge in [0.05, 0.1) is 32.1 Å². The lowest BCUT2D eigenvalue weighted by molar-refractivity contribution is -0.0819. The number of aryl methyl sites for hydroxylation is 1. The molecule has 1 aliphatic rings. The van der Waals surface area contributed by atoms with Gasteiger partial charge in [-0.1, -0.05) is 11.3 Å². The first-order chi connectivity index (χ1) is 11.2. The number of nitrogens with zero attached hydrogens (tertiary/aromatic N) is 4. The van der Waals surface area contributed by atoms with Crippen molar-refractivity contribution in [3.05, 3.63) is 23.0 Å². The first-order valence-corrected chi connectivity index (χ1v) is 7.96. The minimum atomic E-state index is 0.0209. The second-order valence-corrected chi connectivity index (χ2v) is 5.93. The minimum Gasteiger partial charge on any atom is -0.376 e. The van der Waals surface area contributed by atoms with Gasteiger partial charge >= 0.3 is 0 Å². The van der Waals surface area contributed by atoms with Crippen LogP contribution in [0.5, 0.6) is 0 Å². The molecule has 120 valence electrons. The quantitative estimate of drug-likeness (QED) is 0.852. The highest BCUT2D eigenvalue weighted by Crippen LogP contribution is 2.22. The van der Waals surface area contributed by atoms with E-state index in [9.17, 15) is 0 Å². The van der Waals surface area contributed by atoms with Crippen molar-refractivity contribution in [1.29, 1.82) is 5.26 Å². The summed E-state index contributed by atoms with van der Waals surface area (Å²) in [5.41, 5.74) is 0. The first kappa shape index (κ1) is 15.6. The number of anilines is 3. The summed E-state index contributed by atoms with van der Waals surface area (Å²) >= 11 is 1.27. The van der Waals surface area contributed by atoms with E-state index in [0.717, 1.165) is 0 Å². The average Bonchev–Trinajstić information content (AvgIpc) is 3.01. The van der Waals surface area contributed by atoms with Crippen LogP contribution in [-0.2, 0) is 9.47 Å². The highest BCUT2D eigenvalue weighted by Gasteiger charge is 2.14. The molecule has 0 aromatic carbocycles. The molecule has 2 aromatic heterocycles. The number of nitrogens with one attached hydrogen (secondary N) is 2. The second kappa shape index (κ2) is 7.32. The van der Waals surface area contributed by atoms with E-state index in [1.165, 1.54) is 17.5 Å². The van der Waals surface area contributed by atoms with Crippen molar-refractivity contribution in [2.45, 2.75) is 13.0 Å². The lowest BCUT2D eigenvalue weighted by atomic mass is 10.3. The molecule has 2 aromatic rings. The molecule has 3 rings (SSSR count). The van der Waals surface area contributed by atoms with E-state index in [0.29, 0.717) is 53.8 Å². The standard InChI is InChI=1S/C14H16N6O2S/c1-9-18-12(16-6-10-8-21-2-3-22-10)4-13(19-9)20-14-17-7-11(5-15)23-14/h4,7,10H,2-3,6,8H2,1H3,(H2,16,17,18,19,20). The molecule has 3 heterocycles. The largest absolute Gasteiger partial charge is 0.376 e. The van der Waals surface area contributed by atoms with Crippen LogP contribution in [0, 0.1) is 18.3 Å². The number of ether oxygens (including phenoxy) is 2. The first-order valence-electron chi connectivity index (χ1n) is 7.15. The van der Waals surface area contributed by atoms with E-state index in [2.05, 4.69) is 31.7 Å². The van der Waals surface area contributed by atoms with Crippen molar-refractivity contribution >= 4 is 28.1 Å². The summed E-state index contributed by atoms with van der Waals surface area (Å²) in [4.78, 5) is 13.4. The number of hydrogen-bond donors (Lipinski definition) is 2. The number of aromatic nitrogens is 3. The Morgan fingerprint density at radius 2 is 2.26 bits per heavy atom. The lowest BCUT2D eigenvalue weighted by Crippen LogP contribution is -2.34. The van der Waals surface area contributed by atoms with Gasteiger partial charge in [-0.15, -0.1) is 0 Å². The van der Waals surface area contributed by atoms with Gasteiger partial charge in [-0.3, -0.25) is 0 Å². The maximum atomic E-state index is 8.83. The van der Waals surface area contributed by atoms with Crippen LogP contribution in [0.4, 0.5) is 16.8 Å². The molecule has 0 aliphatic carbocycles. The van der Waals surface area contributed by atoms with Crippen molar-refractivity contribution in [3.63, 3.8) is 0 Å². The van der Waals surface area contributed by atoms with Crippen LogP contribution in [0.25, 0.3) is 0 Å². The fraction of sp³-hybridized carbons (Fsp3) is 0.429. The fourth-order valence-electron chi connectivity index (χ4n) is 2.09. The van der Waals surface area contributed by atoms with Gasteiger partial charge in [0.15, 0.2) is 5.13 Å². The predicted molar refractivity (Wildman–Crippen MR) is 85.9 cm³/mol. The molecule has 0 saturated carbocycles. The van der Waals surface area contributed by atoms with Gasteiger partial charge < -0.3 is 20.1 Å². The van der Waals surface area contributed by atoms with Crippen LogP contribution in [0.3, 0.4) is 0 Å². The summed E-state index contributed by atoms with van der Waals surface area (Å²) in [6, 6.07) is 3.85. The van der Waals surface area contributed by atoms with E-state index >= 15 is 0 Å². The van der Waals surface area contributed by atoms with Crippen molar-refractivity contribution in [2.24, 2.45) is 0 Å². The van der Waals surface area contributed by atoms with Gasteiger partial charge in [-0.05, 0) is 6.92 Å². The lowest BCUT2D eigenvalue weighted by Gasteiger charge is -2.23. The predicted octanol–water partition coefficient (Wildman–Crippen LogP) is 1.68. The third-order valence-electron chi connectivity index (χ3n) is 3.08. The molecule has 8 nitrogen and oxygen atoms in total. The molecule has 0 radical (unpaired) electrons. The Hall–Kier alpha value is -2.28. The summed E-state index contributed by atoms with van der Waals surface area (Å²) in [6.45, 7) is 4.28. The molecule has 0 amide bonds. The maximum Gasteiger partial charge on any atom is 0.189 e. The third-order valence-corrected chi connectivity index (χ3v) is 3.90. The molecule has 1 atom stereocenters. The normalized spacial score (nSPS) is 17.5. The van der Waals surface area contributed by atoms with Crippen molar-refractivity contribution in [1.82, 2.24) is 15.0 Å². The van der Waals surface area contributed by atoms with E-state index in [1.54, 1.807) is 6.07 Å². The Kier molecular flexibility index (Phi) is 4.97. The van der Waals surface area contributed by atoms with Crippen LogP contribution in [-0.4, -0.2) is 47.4 Å². The van der Waals surface area contributed by atoms with Crippen LogP contribution in [0.15, 0.2) is 12.3 Å². The van der Waals surface area contributed by atoms with Gasteiger partial charge in [0.25, 0.3) is 0 Å².